The molecule has 0 saturated heterocycles. The molecule has 0 bridgehead atoms. The number of carbonyl (C=O) groups is 1. The second-order valence-corrected chi connectivity index (χ2v) is 6.62. The molecule has 24 heavy (non-hydrogen) atoms. The van der Waals surface area contributed by atoms with Gasteiger partial charge in [0.1, 0.15) is 5.75 Å². The molecule has 0 fully saturated rings. The lowest BCUT2D eigenvalue weighted by Crippen LogP contribution is -2.24. The summed E-state index contributed by atoms with van der Waals surface area (Å²) >= 11 is 3.43. The zero-order valence-electron chi connectivity index (χ0n) is 12.7. The Kier molecular flexibility index (Phi) is 3.62. The van der Waals surface area contributed by atoms with Crippen LogP contribution in [0.15, 0.2) is 77.3 Å². The number of halogens is 1. The molecular weight excluding hydrogens is 366 g/mol. The molecule has 1 amide bonds. The van der Waals surface area contributed by atoms with E-state index >= 15 is 0 Å². The Balaban J connectivity index is 1.91. The Morgan fingerprint density at radius 1 is 0.875 bits per heavy atom. The number of para-hydroxylation sites is 2. The molecule has 3 nitrogen and oxygen atoms in total. The molecule has 0 aromatic heterocycles. The molecule has 0 saturated carbocycles. The largest absolute Gasteiger partial charge is 0.508 e. The molecule has 1 heterocycles. The van der Waals surface area contributed by atoms with Gasteiger partial charge in [0.2, 0.25) is 5.91 Å². The second-order valence-electron chi connectivity index (χ2n) is 5.70. The molecule has 4 rings (SSSR count). The standard InChI is InChI=1S/C20H14BrNO2/c21-13-10-11-18(23)16(12-13)19-15-8-4-5-9-17(15)22(20(19)24)14-6-2-1-3-7-14/h1-12,19,23H. The Labute approximate surface area is 148 Å². The van der Waals surface area contributed by atoms with E-state index in [2.05, 4.69) is 15.9 Å². The van der Waals surface area contributed by atoms with E-state index in [0.717, 1.165) is 21.4 Å². The Bertz CT molecular complexity index is 924. The van der Waals surface area contributed by atoms with Crippen LogP contribution in [0.3, 0.4) is 0 Å². The highest BCUT2D eigenvalue weighted by Crippen LogP contribution is 2.46. The van der Waals surface area contributed by atoms with Crippen molar-refractivity contribution in [2.75, 3.05) is 4.90 Å². The number of amides is 1. The summed E-state index contributed by atoms with van der Waals surface area (Å²) in [6.45, 7) is 0. The highest BCUT2D eigenvalue weighted by atomic mass is 79.9. The van der Waals surface area contributed by atoms with Gasteiger partial charge in [-0.15, -0.1) is 0 Å². The van der Waals surface area contributed by atoms with Gasteiger partial charge in [0.15, 0.2) is 0 Å². The Morgan fingerprint density at radius 3 is 2.38 bits per heavy atom. The summed E-state index contributed by atoms with van der Waals surface area (Å²) in [5.41, 5.74) is 3.20. The molecule has 0 aliphatic carbocycles. The Hall–Kier alpha value is -2.59. The van der Waals surface area contributed by atoms with E-state index in [0.29, 0.717) is 5.56 Å². The third-order valence-electron chi connectivity index (χ3n) is 4.27. The van der Waals surface area contributed by atoms with E-state index in [-0.39, 0.29) is 11.7 Å². The van der Waals surface area contributed by atoms with Crippen molar-refractivity contribution < 1.29 is 9.90 Å². The highest BCUT2D eigenvalue weighted by Gasteiger charge is 2.40. The molecule has 118 valence electrons. The van der Waals surface area contributed by atoms with E-state index in [1.54, 1.807) is 17.0 Å². The number of anilines is 2. The summed E-state index contributed by atoms with van der Waals surface area (Å²) in [6, 6.07) is 22.5. The summed E-state index contributed by atoms with van der Waals surface area (Å²) in [5.74, 6) is -0.448. The van der Waals surface area contributed by atoms with Crippen molar-refractivity contribution in [3.8, 4) is 5.75 Å². The van der Waals surface area contributed by atoms with Crippen LogP contribution in [0.1, 0.15) is 17.0 Å². The Morgan fingerprint density at radius 2 is 1.58 bits per heavy atom. The smallest absolute Gasteiger partial charge is 0.243 e. The van der Waals surface area contributed by atoms with Crippen LogP contribution in [0.4, 0.5) is 11.4 Å². The number of hydrogen-bond donors (Lipinski definition) is 1. The van der Waals surface area contributed by atoms with Gasteiger partial charge in [0.25, 0.3) is 0 Å². The van der Waals surface area contributed by atoms with Crippen LogP contribution in [-0.2, 0) is 4.79 Å². The number of rotatable bonds is 2. The molecule has 3 aromatic rings. The lowest BCUT2D eigenvalue weighted by Gasteiger charge is -2.18. The minimum Gasteiger partial charge on any atom is -0.508 e. The zero-order valence-corrected chi connectivity index (χ0v) is 14.3. The van der Waals surface area contributed by atoms with Crippen molar-refractivity contribution in [3.05, 3.63) is 88.4 Å². The number of hydrogen-bond acceptors (Lipinski definition) is 2. The normalized spacial score (nSPS) is 16.3. The minimum absolute atomic E-state index is 0.0594. The monoisotopic (exact) mass is 379 g/mol. The van der Waals surface area contributed by atoms with Gasteiger partial charge in [-0.3, -0.25) is 9.69 Å². The summed E-state index contributed by atoms with van der Waals surface area (Å²) in [7, 11) is 0. The lowest BCUT2D eigenvalue weighted by atomic mass is 9.92. The average molecular weight is 380 g/mol. The maximum absolute atomic E-state index is 13.2. The topological polar surface area (TPSA) is 40.5 Å². The van der Waals surface area contributed by atoms with Crippen molar-refractivity contribution >= 4 is 33.2 Å². The van der Waals surface area contributed by atoms with E-state index < -0.39 is 5.92 Å². The zero-order chi connectivity index (χ0) is 16.7. The summed E-state index contributed by atoms with van der Waals surface area (Å²) < 4.78 is 0.832. The fraction of sp³-hybridized carbons (Fsp3) is 0.0500. The van der Waals surface area contributed by atoms with Crippen LogP contribution in [0.25, 0.3) is 0 Å². The molecule has 0 radical (unpaired) electrons. The maximum Gasteiger partial charge on any atom is 0.243 e. The first-order chi connectivity index (χ1) is 11.7. The van der Waals surface area contributed by atoms with Crippen molar-refractivity contribution in [1.29, 1.82) is 0 Å². The van der Waals surface area contributed by atoms with Crippen LogP contribution in [-0.4, -0.2) is 11.0 Å². The maximum atomic E-state index is 13.2. The van der Waals surface area contributed by atoms with E-state index in [1.165, 1.54) is 0 Å². The molecule has 1 aliphatic rings. The van der Waals surface area contributed by atoms with Gasteiger partial charge in [0.05, 0.1) is 11.6 Å². The van der Waals surface area contributed by atoms with Crippen molar-refractivity contribution in [3.63, 3.8) is 0 Å². The van der Waals surface area contributed by atoms with E-state index in [4.69, 9.17) is 0 Å². The molecule has 1 N–H and O–H groups in total. The third kappa shape index (κ3) is 2.31. The second kappa shape index (κ2) is 5.80. The van der Waals surface area contributed by atoms with E-state index in [9.17, 15) is 9.90 Å². The average Bonchev–Trinajstić information content (AvgIpc) is 2.90. The fourth-order valence-corrected chi connectivity index (χ4v) is 3.60. The number of benzene rings is 3. The van der Waals surface area contributed by atoms with Crippen LogP contribution < -0.4 is 4.90 Å². The van der Waals surface area contributed by atoms with Crippen LogP contribution in [0, 0.1) is 0 Å². The molecule has 4 heteroatoms. The lowest BCUT2D eigenvalue weighted by molar-refractivity contribution is -0.117. The fourth-order valence-electron chi connectivity index (χ4n) is 3.22. The highest BCUT2D eigenvalue weighted by molar-refractivity contribution is 9.10. The van der Waals surface area contributed by atoms with Gasteiger partial charge >= 0.3 is 0 Å². The molecule has 1 atom stereocenters. The van der Waals surface area contributed by atoms with Crippen molar-refractivity contribution in [2.45, 2.75) is 5.92 Å². The third-order valence-corrected chi connectivity index (χ3v) is 4.76. The number of carbonyl (C=O) groups excluding carboxylic acids is 1. The van der Waals surface area contributed by atoms with Crippen LogP contribution >= 0.6 is 15.9 Å². The molecule has 1 aliphatic heterocycles. The number of nitrogens with zero attached hydrogens (tertiary/aromatic N) is 1. The van der Waals surface area contributed by atoms with Gasteiger partial charge in [-0.25, -0.2) is 0 Å². The SMILES string of the molecule is O=C1C(c2cc(Br)ccc2O)c2ccccc2N1c1ccccc1. The number of phenols is 1. The molecule has 0 spiro atoms. The van der Waals surface area contributed by atoms with Gasteiger partial charge < -0.3 is 5.11 Å². The first kappa shape index (κ1) is 15.0. The number of phenolic OH excluding ortho intramolecular Hbond substituents is 1. The summed E-state index contributed by atoms with van der Waals surface area (Å²) in [6.07, 6.45) is 0. The van der Waals surface area contributed by atoms with Gasteiger partial charge in [0, 0.05) is 15.7 Å². The van der Waals surface area contributed by atoms with Gasteiger partial charge in [-0.05, 0) is 42.0 Å². The minimum atomic E-state index is -0.515. The van der Waals surface area contributed by atoms with E-state index in [1.807, 2.05) is 60.7 Å². The predicted molar refractivity (Wildman–Crippen MR) is 97.7 cm³/mol. The number of aromatic hydroxyl groups is 1. The predicted octanol–water partition coefficient (Wildman–Crippen LogP) is 4.96. The number of fused-ring (bicyclic) bond motifs is 1. The van der Waals surface area contributed by atoms with Crippen LogP contribution in [0.5, 0.6) is 5.75 Å². The van der Waals surface area contributed by atoms with Crippen molar-refractivity contribution in [2.24, 2.45) is 0 Å². The van der Waals surface area contributed by atoms with Crippen molar-refractivity contribution in [1.82, 2.24) is 0 Å². The molecular formula is C20H14BrNO2. The van der Waals surface area contributed by atoms with Crippen LogP contribution in [0.2, 0.25) is 0 Å². The van der Waals surface area contributed by atoms with Gasteiger partial charge in [-0.2, -0.15) is 0 Å². The summed E-state index contributed by atoms with van der Waals surface area (Å²) in [5, 5.41) is 10.3. The summed E-state index contributed by atoms with van der Waals surface area (Å²) in [4.78, 5) is 14.9. The molecule has 1 unspecified atom stereocenters. The molecule has 3 aromatic carbocycles. The van der Waals surface area contributed by atoms with Gasteiger partial charge in [-0.1, -0.05) is 52.3 Å². The first-order valence-electron chi connectivity index (χ1n) is 7.63. The first-order valence-corrected chi connectivity index (χ1v) is 8.42. The quantitative estimate of drug-likeness (QED) is 0.682.